The fourth-order valence-electron chi connectivity index (χ4n) is 4.09. The Kier molecular flexibility index (Phi) is 5.68. The van der Waals surface area contributed by atoms with Crippen LogP contribution in [0.2, 0.25) is 5.02 Å². The zero-order valence-corrected chi connectivity index (χ0v) is 19.4. The van der Waals surface area contributed by atoms with Crippen molar-refractivity contribution in [3.05, 3.63) is 59.8 Å². The first-order valence-electron chi connectivity index (χ1n) is 11.1. The number of benzene rings is 2. The van der Waals surface area contributed by atoms with E-state index >= 15 is 0 Å². The van der Waals surface area contributed by atoms with E-state index in [0.29, 0.717) is 23.8 Å². The number of hydrogen-bond donors (Lipinski definition) is 2. The van der Waals surface area contributed by atoms with E-state index in [0.717, 1.165) is 41.3 Å². The standard InChI is InChI=1S/C24H26ClN7O/c1-16(2)32-23-21(15-26-32)27-22(29-23)17-7-9-18(10-8-17)30-11-13-31(14-12-30)24(33)28-20-6-4-3-5-19(20)25/h3-10,15-16H,11-14H2,1-2H3,(H,27,29)(H,28,33). The normalized spacial score (nSPS) is 14.3. The summed E-state index contributed by atoms with van der Waals surface area (Å²) in [5.74, 6) is 0.837. The molecule has 0 unspecified atom stereocenters. The van der Waals surface area contributed by atoms with Crippen molar-refractivity contribution in [2.24, 2.45) is 0 Å². The maximum absolute atomic E-state index is 12.6. The largest absolute Gasteiger partial charge is 0.368 e. The molecule has 170 valence electrons. The number of aromatic nitrogens is 4. The van der Waals surface area contributed by atoms with Gasteiger partial charge in [0.15, 0.2) is 5.65 Å². The van der Waals surface area contributed by atoms with Crippen molar-refractivity contribution in [2.75, 3.05) is 36.4 Å². The summed E-state index contributed by atoms with van der Waals surface area (Å²) in [6, 6.07) is 15.8. The van der Waals surface area contributed by atoms with Gasteiger partial charge in [0, 0.05) is 43.5 Å². The highest BCUT2D eigenvalue weighted by molar-refractivity contribution is 6.33. The molecular formula is C24H26ClN7O. The number of anilines is 2. The number of urea groups is 1. The first-order chi connectivity index (χ1) is 16.0. The topological polar surface area (TPSA) is 82.1 Å². The summed E-state index contributed by atoms with van der Waals surface area (Å²) < 4.78 is 1.92. The molecule has 2 N–H and O–H groups in total. The van der Waals surface area contributed by atoms with Crippen LogP contribution in [0.15, 0.2) is 54.7 Å². The molecule has 0 saturated carbocycles. The second-order valence-corrected chi connectivity index (χ2v) is 8.84. The van der Waals surface area contributed by atoms with Crippen LogP contribution in [0.3, 0.4) is 0 Å². The zero-order valence-electron chi connectivity index (χ0n) is 18.6. The highest BCUT2D eigenvalue weighted by Gasteiger charge is 2.22. The third kappa shape index (κ3) is 4.26. The predicted octanol–water partition coefficient (Wildman–Crippen LogP) is 5.01. The number of fused-ring (bicyclic) bond motifs is 1. The Hall–Kier alpha value is -3.52. The number of carbonyl (C=O) groups is 1. The fraction of sp³-hybridized carbons (Fsp3) is 0.292. The number of H-pyrrole nitrogens is 1. The quantitative estimate of drug-likeness (QED) is 0.445. The van der Waals surface area contributed by atoms with Gasteiger partial charge in [-0.1, -0.05) is 23.7 Å². The lowest BCUT2D eigenvalue weighted by atomic mass is 10.1. The number of amides is 2. The molecular weight excluding hydrogens is 438 g/mol. The van der Waals surface area contributed by atoms with Gasteiger partial charge in [-0.05, 0) is 50.2 Å². The lowest BCUT2D eigenvalue weighted by molar-refractivity contribution is 0.208. The van der Waals surface area contributed by atoms with Crippen LogP contribution in [0.1, 0.15) is 19.9 Å². The highest BCUT2D eigenvalue weighted by atomic mass is 35.5. The average molecular weight is 464 g/mol. The van der Waals surface area contributed by atoms with E-state index in [2.05, 4.69) is 58.4 Å². The van der Waals surface area contributed by atoms with E-state index in [1.807, 2.05) is 27.9 Å². The van der Waals surface area contributed by atoms with Gasteiger partial charge in [-0.2, -0.15) is 5.10 Å². The van der Waals surface area contributed by atoms with E-state index in [4.69, 9.17) is 16.6 Å². The average Bonchev–Trinajstić information content (AvgIpc) is 3.42. The van der Waals surface area contributed by atoms with Crippen LogP contribution >= 0.6 is 11.6 Å². The van der Waals surface area contributed by atoms with Crippen molar-refractivity contribution in [2.45, 2.75) is 19.9 Å². The molecule has 4 aromatic rings. The molecule has 5 rings (SSSR count). The molecule has 0 radical (unpaired) electrons. The molecule has 2 aromatic carbocycles. The smallest absolute Gasteiger partial charge is 0.322 e. The fourth-order valence-corrected chi connectivity index (χ4v) is 4.27. The number of hydrogen-bond acceptors (Lipinski definition) is 4. The lowest BCUT2D eigenvalue weighted by Crippen LogP contribution is -2.50. The van der Waals surface area contributed by atoms with Gasteiger partial charge >= 0.3 is 6.03 Å². The molecule has 0 bridgehead atoms. The minimum absolute atomic E-state index is 0.122. The van der Waals surface area contributed by atoms with Gasteiger partial charge < -0.3 is 20.1 Å². The number of piperazine rings is 1. The Bertz CT molecular complexity index is 1270. The Morgan fingerprint density at radius 2 is 1.79 bits per heavy atom. The van der Waals surface area contributed by atoms with Crippen molar-refractivity contribution in [1.29, 1.82) is 0 Å². The Morgan fingerprint density at radius 1 is 1.06 bits per heavy atom. The summed E-state index contributed by atoms with van der Waals surface area (Å²) in [5.41, 5.74) is 4.61. The van der Waals surface area contributed by atoms with Crippen molar-refractivity contribution in [3.8, 4) is 11.4 Å². The SMILES string of the molecule is CC(C)n1ncc2[nH]c(-c3ccc(N4CCN(C(=O)Nc5ccccc5Cl)CC4)cc3)nc21. The highest BCUT2D eigenvalue weighted by Crippen LogP contribution is 2.26. The molecule has 3 heterocycles. The van der Waals surface area contributed by atoms with Gasteiger partial charge in [-0.15, -0.1) is 0 Å². The molecule has 1 saturated heterocycles. The number of aromatic amines is 1. The molecule has 0 atom stereocenters. The molecule has 9 heteroatoms. The predicted molar refractivity (Wildman–Crippen MR) is 132 cm³/mol. The Balaban J connectivity index is 1.22. The van der Waals surface area contributed by atoms with Crippen LogP contribution in [0, 0.1) is 0 Å². The zero-order chi connectivity index (χ0) is 22.9. The molecule has 0 spiro atoms. The van der Waals surface area contributed by atoms with E-state index in [-0.39, 0.29) is 12.1 Å². The molecule has 1 aliphatic rings. The number of halogens is 1. The van der Waals surface area contributed by atoms with Crippen LogP contribution in [-0.2, 0) is 0 Å². The van der Waals surface area contributed by atoms with Gasteiger partial charge in [0.25, 0.3) is 0 Å². The van der Waals surface area contributed by atoms with Crippen molar-refractivity contribution >= 4 is 40.2 Å². The van der Waals surface area contributed by atoms with Crippen LogP contribution in [-0.4, -0.2) is 56.9 Å². The van der Waals surface area contributed by atoms with Crippen LogP contribution in [0.5, 0.6) is 0 Å². The van der Waals surface area contributed by atoms with Gasteiger partial charge in [-0.3, -0.25) is 0 Å². The lowest BCUT2D eigenvalue weighted by Gasteiger charge is -2.36. The third-order valence-electron chi connectivity index (χ3n) is 5.92. The number of nitrogens with one attached hydrogen (secondary N) is 2. The maximum Gasteiger partial charge on any atom is 0.322 e. The van der Waals surface area contributed by atoms with Crippen molar-refractivity contribution < 1.29 is 4.79 Å². The minimum atomic E-state index is -0.122. The number of carbonyl (C=O) groups excluding carboxylic acids is 1. The van der Waals surface area contributed by atoms with E-state index in [1.54, 1.807) is 12.1 Å². The van der Waals surface area contributed by atoms with Crippen LogP contribution in [0.25, 0.3) is 22.6 Å². The molecule has 1 fully saturated rings. The molecule has 0 aliphatic carbocycles. The number of nitrogens with zero attached hydrogens (tertiary/aromatic N) is 5. The molecule has 33 heavy (non-hydrogen) atoms. The first-order valence-corrected chi connectivity index (χ1v) is 11.5. The summed E-state index contributed by atoms with van der Waals surface area (Å²) in [4.78, 5) is 24.8. The first kappa shape index (κ1) is 21.3. The number of para-hydroxylation sites is 1. The summed E-state index contributed by atoms with van der Waals surface area (Å²) in [7, 11) is 0. The van der Waals surface area contributed by atoms with Gasteiger partial charge in [-0.25, -0.2) is 14.5 Å². The van der Waals surface area contributed by atoms with Crippen molar-refractivity contribution in [3.63, 3.8) is 0 Å². The molecule has 2 aromatic heterocycles. The third-order valence-corrected chi connectivity index (χ3v) is 6.25. The summed E-state index contributed by atoms with van der Waals surface area (Å²) in [5, 5.41) is 7.83. The van der Waals surface area contributed by atoms with Gasteiger partial charge in [0.05, 0.1) is 16.9 Å². The summed E-state index contributed by atoms with van der Waals surface area (Å²) in [6.07, 6.45) is 1.82. The molecule has 8 nitrogen and oxygen atoms in total. The van der Waals surface area contributed by atoms with Gasteiger partial charge in [0.1, 0.15) is 11.3 Å². The summed E-state index contributed by atoms with van der Waals surface area (Å²) >= 11 is 6.15. The Morgan fingerprint density at radius 3 is 2.48 bits per heavy atom. The monoisotopic (exact) mass is 463 g/mol. The minimum Gasteiger partial charge on any atom is -0.368 e. The maximum atomic E-state index is 12.6. The van der Waals surface area contributed by atoms with E-state index < -0.39 is 0 Å². The number of imidazole rings is 1. The molecule has 1 aliphatic heterocycles. The summed E-state index contributed by atoms with van der Waals surface area (Å²) in [6.45, 7) is 7.01. The van der Waals surface area contributed by atoms with Crippen LogP contribution in [0.4, 0.5) is 16.2 Å². The van der Waals surface area contributed by atoms with Gasteiger partial charge in [0.2, 0.25) is 0 Å². The van der Waals surface area contributed by atoms with E-state index in [1.165, 1.54) is 0 Å². The van der Waals surface area contributed by atoms with E-state index in [9.17, 15) is 4.79 Å². The molecule has 2 amide bonds. The number of rotatable bonds is 4. The Labute approximate surface area is 197 Å². The second kappa shape index (κ2) is 8.78. The van der Waals surface area contributed by atoms with Crippen LogP contribution < -0.4 is 10.2 Å². The second-order valence-electron chi connectivity index (χ2n) is 8.44. The van der Waals surface area contributed by atoms with Crippen molar-refractivity contribution in [1.82, 2.24) is 24.6 Å².